The standard InChI is InChI=1S/C21H18N6O5S/c1-31-15-9-7-14(8-10-15)27-18(20(30)32-25-27)17(28)12-33-21-24-23-16(19(29)26(21)22)11-13-5-3-2-4-6-13/h2-10H,11-12,22H2,1H3/p+1. The zero-order chi connectivity index (χ0) is 23.4. The summed E-state index contributed by atoms with van der Waals surface area (Å²) in [7, 11) is 1.53. The molecule has 0 spiro atoms. The molecule has 0 unspecified atom stereocenters. The molecule has 33 heavy (non-hydrogen) atoms. The van der Waals surface area contributed by atoms with E-state index in [1.165, 1.54) is 11.8 Å². The molecule has 168 valence electrons. The van der Waals surface area contributed by atoms with Crippen LogP contribution in [0.3, 0.4) is 0 Å². The highest BCUT2D eigenvalue weighted by atomic mass is 32.2. The summed E-state index contributed by atoms with van der Waals surface area (Å²) < 4.78 is 12.0. The summed E-state index contributed by atoms with van der Waals surface area (Å²) in [4.78, 5) is 37.5. The number of methoxy groups -OCH3 is 1. The van der Waals surface area contributed by atoms with E-state index in [2.05, 4.69) is 15.5 Å². The Balaban J connectivity index is 1.51. The van der Waals surface area contributed by atoms with E-state index in [0.717, 1.165) is 22.0 Å². The highest BCUT2D eigenvalue weighted by Gasteiger charge is 2.31. The molecule has 2 aromatic carbocycles. The number of benzene rings is 2. The molecule has 0 saturated heterocycles. The van der Waals surface area contributed by atoms with Crippen molar-refractivity contribution in [3.05, 3.63) is 92.3 Å². The van der Waals surface area contributed by atoms with E-state index in [0.29, 0.717) is 11.4 Å². The molecule has 0 aliphatic rings. The lowest BCUT2D eigenvalue weighted by Gasteiger charge is -2.06. The number of nitrogen functional groups attached to an aromatic ring is 1. The molecule has 2 heterocycles. The van der Waals surface area contributed by atoms with Gasteiger partial charge < -0.3 is 10.6 Å². The minimum Gasteiger partial charge on any atom is -0.497 e. The van der Waals surface area contributed by atoms with Gasteiger partial charge in [0.1, 0.15) is 11.4 Å². The SMILES string of the molecule is COc1ccc(-[n+]2[nH]oc(=O)c2C(=O)CSc2nnc(Cc3ccccc3)c(=O)n2N)cc1. The summed E-state index contributed by atoms with van der Waals surface area (Å²) in [5, 5.41) is 10.4. The molecule has 0 fully saturated rings. The van der Waals surface area contributed by atoms with Crippen molar-refractivity contribution in [1.82, 2.24) is 20.1 Å². The van der Waals surface area contributed by atoms with Crippen LogP contribution in [-0.4, -0.2) is 38.8 Å². The molecule has 0 aliphatic heterocycles. The Bertz CT molecular complexity index is 1400. The summed E-state index contributed by atoms with van der Waals surface area (Å²) in [5.74, 6) is 5.73. The minimum absolute atomic E-state index is 0.0427. The summed E-state index contributed by atoms with van der Waals surface area (Å²) in [5.41, 5.74) is 0.0110. The van der Waals surface area contributed by atoms with Crippen molar-refractivity contribution < 1.29 is 18.7 Å². The normalized spacial score (nSPS) is 10.8. The topological polar surface area (TPSA) is 150 Å². The molecule has 2 aromatic heterocycles. The van der Waals surface area contributed by atoms with Crippen LogP contribution in [0.2, 0.25) is 0 Å². The lowest BCUT2D eigenvalue weighted by Crippen LogP contribution is -2.41. The smallest absolute Gasteiger partial charge is 0.438 e. The van der Waals surface area contributed by atoms with Gasteiger partial charge in [-0.3, -0.25) is 14.1 Å². The molecule has 12 heteroatoms. The Morgan fingerprint density at radius 1 is 1.15 bits per heavy atom. The number of ether oxygens (including phenoxy) is 1. The Morgan fingerprint density at radius 3 is 2.58 bits per heavy atom. The third kappa shape index (κ3) is 4.70. The number of nitrogens with zero attached hydrogens (tertiary/aromatic N) is 4. The molecule has 0 radical (unpaired) electrons. The van der Waals surface area contributed by atoms with Gasteiger partial charge >= 0.3 is 11.3 Å². The number of rotatable bonds is 8. The van der Waals surface area contributed by atoms with Gasteiger partial charge in [-0.05, 0) is 27.6 Å². The largest absolute Gasteiger partial charge is 0.497 e. The molecular formula is C21H19N6O5S+. The molecule has 0 amide bonds. The van der Waals surface area contributed by atoms with Gasteiger partial charge in [0, 0.05) is 18.6 Å². The molecular weight excluding hydrogens is 448 g/mol. The van der Waals surface area contributed by atoms with E-state index < -0.39 is 17.0 Å². The number of H-pyrrole nitrogens is 1. The first kappa shape index (κ1) is 22.0. The molecule has 4 aromatic rings. The Hall–Kier alpha value is -4.19. The number of hydrogen-bond donors (Lipinski definition) is 2. The summed E-state index contributed by atoms with van der Waals surface area (Å²) in [6, 6.07) is 16.0. The number of nitrogens with one attached hydrogen (secondary N) is 1. The fourth-order valence-corrected chi connectivity index (χ4v) is 3.76. The first-order valence-corrected chi connectivity index (χ1v) is 10.7. The van der Waals surface area contributed by atoms with E-state index >= 15 is 0 Å². The number of Topliss-reactive ketones (excluding diaryl/α,β-unsaturated/α-hetero) is 1. The van der Waals surface area contributed by atoms with E-state index in [1.807, 2.05) is 30.3 Å². The minimum atomic E-state index is -0.828. The maximum absolute atomic E-state index is 12.8. The fourth-order valence-electron chi connectivity index (χ4n) is 3.04. The van der Waals surface area contributed by atoms with Crippen LogP contribution in [0, 0.1) is 0 Å². The number of aromatic nitrogens is 5. The Morgan fingerprint density at radius 2 is 1.88 bits per heavy atom. The lowest BCUT2D eigenvalue weighted by molar-refractivity contribution is -0.672. The van der Waals surface area contributed by atoms with E-state index in [-0.39, 0.29) is 28.7 Å². The van der Waals surface area contributed by atoms with E-state index in [9.17, 15) is 14.4 Å². The highest BCUT2D eigenvalue weighted by molar-refractivity contribution is 7.99. The van der Waals surface area contributed by atoms with Crippen LogP contribution >= 0.6 is 11.8 Å². The van der Waals surface area contributed by atoms with Crippen LogP contribution in [0.4, 0.5) is 0 Å². The quantitative estimate of drug-likeness (QED) is 0.163. The van der Waals surface area contributed by atoms with Gasteiger partial charge in [0.2, 0.25) is 16.6 Å². The molecule has 0 bridgehead atoms. The second-order valence-electron chi connectivity index (χ2n) is 6.84. The van der Waals surface area contributed by atoms with Crippen molar-refractivity contribution in [2.24, 2.45) is 0 Å². The van der Waals surface area contributed by atoms with Gasteiger partial charge in [-0.1, -0.05) is 42.1 Å². The second kappa shape index (κ2) is 9.53. The summed E-state index contributed by atoms with van der Waals surface area (Å²) in [6.07, 6.45) is 0.278. The monoisotopic (exact) mass is 467 g/mol. The van der Waals surface area contributed by atoms with Crippen LogP contribution in [0.25, 0.3) is 5.69 Å². The summed E-state index contributed by atoms with van der Waals surface area (Å²) >= 11 is 0.888. The molecule has 3 N–H and O–H groups in total. The first-order valence-electron chi connectivity index (χ1n) is 9.69. The lowest BCUT2D eigenvalue weighted by atomic mass is 10.1. The maximum Gasteiger partial charge on any atom is 0.438 e. The average molecular weight is 467 g/mol. The molecule has 11 nitrogen and oxygen atoms in total. The second-order valence-corrected chi connectivity index (χ2v) is 7.78. The van der Waals surface area contributed by atoms with Crippen LogP contribution in [0.1, 0.15) is 21.7 Å². The van der Waals surface area contributed by atoms with Crippen LogP contribution in [-0.2, 0) is 6.42 Å². The van der Waals surface area contributed by atoms with Crippen molar-refractivity contribution in [1.29, 1.82) is 0 Å². The predicted molar refractivity (Wildman–Crippen MR) is 118 cm³/mol. The van der Waals surface area contributed by atoms with Gasteiger partial charge in [0.15, 0.2) is 0 Å². The number of hydrogen-bond acceptors (Lipinski definition) is 9. The summed E-state index contributed by atoms with van der Waals surface area (Å²) in [6.45, 7) is 0. The van der Waals surface area contributed by atoms with Crippen LogP contribution < -0.4 is 26.4 Å². The van der Waals surface area contributed by atoms with Crippen molar-refractivity contribution >= 4 is 17.5 Å². The zero-order valence-corrected chi connectivity index (χ0v) is 18.2. The Labute approximate surface area is 190 Å². The Kier molecular flexibility index (Phi) is 6.36. The first-order chi connectivity index (χ1) is 16.0. The third-order valence-corrected chi connectivity index (χ3v) is 5.66. The van der Waals surface area contributed by atoms with Gasteiger partial charge in [-0.2, -0.15) is 4.68 Å². The number of ketones is 1. The maximum atomic E-state index is 12.8. The predicted octanol–water partition coefficient (Wildman–Crippen LogP) is 0.485. The van der Waals surface area contributed by atoms with Crippen molar-refractivity contribution in [3.8, 4) is 11.4 Å². The van der Waals surface area contributed by atoms with Gasteiger partial charge in [-0.25, -0.2) is 4.79 Å². The van der Waals surface area contributed by atoms with Gasteiger partial charge in [0.25, 0.3) is 5.56 Å². The highest BCUT2D eigenvalue weighted by Crippen LogP contribution is 2.14. The molecule has 0 aliphatic carbocycles. The van der Waals surface area contributed by atoms with Gasteiger partial charge in [0.05, 0.1) is 12.9 Å². The number of carbonyl (C=O) groups is 1. The third-order valence-electron chi connectivity index (χ3n) is 4.72. The van der Waals surface area contributed by atoms with Crippen LogP contribution in [0.5, 0.6) is 5.75 Å². The van der Waals surface area contributed by atoms with Gasteiger partial charge in [-0.15, -0.1) is 10.2 Å². The molecule has 0 atom stereocenters. The van der Waals surface area contributed by atoms with Crippen molar-refractivity contribution in [3.63, 3.8) is 0 Å². The number of carbonyl (C=O) groups excluding carboxylic acids is 1. The van der Waals surface area contributed by atoms with Crippen molar-refractivity contribution in [2.45, 2.75) is 11.6 Å². The van der Waals surface area contributed by atoms with Crippen LogP contribution in [0.15, 0.2) is 73.9 Å². The van der Waals surface area contributed by atoms with E-state index in [1.54, 1.807) is 24.3 Å². The zero-order valence-electron chi connectivity index (χ0n) is 17.4. The molecule has 4 rings (SSSR count). The van der Waals surface area contributed by atoms with E-state index in [4.69, 9.17) is 15.1 Å². The van der Waals surface area contributed by atoms with Crippen molar-refractivity contribution in [2.75, 3.05) is 18.7 Å². The number of aromatic amines is 1. The average Bonchev–Trinajstić information content (AvgIpc) is 3.23. The fraction of sp³-hybridized carbons (Fsp3) is 0.143. The number of thioether (sulfide) groups is 1. The molecule has 0 saturated carbocycles. The number of nitrogens with two attached hydrogens (primary N) is 1.